The fourth-order valence-electron chi connectivity index (χ4n) is 3.69. The quantitative estimate of drug-likeness (QED) is 0.628. The number of anilines is 1. The van der Waals surface area contributed by atoms with Crippen LogP contribution in [0.25, 0.3) is 0 Å². The van der Waals surface area contributed by atoms with Crippen LogP contribution in [0.4, 0.5) is 5.69 Å². The lowest BCUT2D eigenvalue weighted by atomic mass is 9.90. The van der Waals surface area contributed by atoms with Gasteiger partial charge in [-0.1, -0.05) is 12.1 Å². The van der Waals surface area contributed by atoms with Crippen molar-refractivity contribution < 1.29 is 13.2 Å². The number of nitrogens with zero attached hydrogens (tertiary/aromatic N) is 1. The summed E-state index contributed by atoms with van der Waals surface area (Å²) in [6, 6.07) is 6.19. The summed E-state index contributed by atoms with van der Waals surface area (Å²) >= 11 is 0. The molecule has 0 aromatic heterocycles. The van der Waals surface area contributed by atoms with E-state index in [4.69, 9.17) is 10.5 Å². The van der Waals surface area contributed by atoms with Crippen LogP contribution in [0.15, 0.2) is 23.2 Å². The summed E-state index contributed by atoms with van der Waals surface area (Å²) < 4.78 is 29.0. The van der Waals surface area contributed by atoms with Gasteiger partial charge in [-0.25, -0.2) is 8.42 Å². The molecule has 1 fully saturated rings. The predicted molar refractivity (Wildman–Crippen MR) is 101 cm³/mol. The van der Waals surface area contributed by atoms with E-state index in [1.54, 1.807) is 0 Å². The van der Waals surface area contributed by atoms with E-state index in [1.807, 2.05) is 12.1 Å². The fourth-order valence-corrected chi connectivity index (χ4v) is 4.90. The van der Waals surface area contributed by atoms with Crippen LogP contribution in [-0.2, 0) is 27.4 Å². The maximum Gasteiger partial charge on any atom is 0.193 e. The smallest absolute Gasteiger partial charge is 0.193 e. The largest absolute Gasteiger partial charge is 0.381 e. The highest BCUT2D eigenvalue weighted by molar-refractivity contribution is 7.92. The molecule has 2 aliphatic rings. The zero-order chi connectivity index (χ0) is 17.9. The van der Waals surface area contributed by atoms with Gasteiger partial charge in [-0.15, -0.1) is 0 Å². The molecule has 138 valence electrons. The van der Waals surface area contributed by atoms with Gasteiger partial charge in [0, 0.05) is 25.2 Å². The Hall–Kier alpha value is -1.60. The zero-order valence-corrected chi connectivity index (χ0v) is 15.6. The summed E-state index contributed by atoms with van der Waals surface area (Å²) in [5.41, 5.74) is 9.72. The number of guanidine groups is 1. The average molecular weight is 365 g/mol. The van der Waals surface area contributed by atoms with Crippen molar-refractivity contribution in [3.63, 3.8) is 0 Å². The number of aliphatic imine (C=N–C) groups is 1. The van der Waals surface area contributed by atoms with Gasteiger partial charge in [0.25, 0.3) is 0 Å². The van der Waals surface area contributed by atoms with E-state index in [1.165, 1.54) is 30.2 Å². The first kappa shape index (κ1) is 18.2. The Morgan fingerprint density at radius 2 is 2.00 bits per heavy atom. The van der Waals surface area contributed by atoms with Crippen LogP contribution >= 0.6 is 0 Å². The topological polar surface area (TPSA) is 93.8 Å². The molecule has 1 heterocycles. The Morgan fingerprint density at radius 3 is 2.72 bits per heavy atom. The van der Waals surface area contributed by atoms with Crippen molar-refractivity contribution in [1.82, 2.24) is 0 Å². The Balaban J connectivity index is 1.76. The molecule has 7 heteroatoms. The number of ether oxygens (including phenoxy) is 1. The number of benzene rings is 1. The van der Waals surface area contributed by atoms with E-state index < -0.39 is 14.6 Å². The van der Waals surface area contributed by atoms with Gasteiger partial charge in [-0.3, -0.25) is 4.99 Å². The first-order valence-electron chi connectivity index (χ1n) is 8.86. The van der Waals surface area contributed by atoms with E-state index in [0.717, 1.165) is 18.5 Å². The standard InChI is InChI=1S/C18H27N3O3S/c1-25(22,23)18(9-11-24-12-10-18)13-20-17(19)21-16-8-4-6-14-5-2-3-7-15(14)16/h4,6,8H,2-3,5,7,9-13H2,1H3,(H3,19,20,21). The molecule has 0 unspecified atom stereocenters. The Kier molecular flexibility index (Phi) is 5.34. The second-order valence-electron chi connectivity index (χ2n) is 7.04. The molecule has 1 aromatic rings. The normalized spacial score (nSPS) is 20.8. The summed E-state index contributed by atoms with van der Waals surface area (Å²) in [7, 11) is -3.24. The molecular formula is C18H27N3O3S. The van der Waals surface area contributed by atoms with E-state index in [-0.39, 0.29) is 12.5 Å². The summed E-state index contributed by atoms with van der Waals surface area (Å²) in [6.45, 7) is 1.06. The van der Waals surface area contributed by atoms with Crippen LogP contribution in [0.1, 0.15) is 36.8 Å². The van der Waals surface area contributed by atoms with E-state index in [0.29, 0.717) is 26.1 Å². The highest BCUT2D eigenvalue weighted by Crippen LogP contribution is 2.30. The number of aryl methyl sites for hydroxylation is 1. The molecule has 0 spiro atoms. The van der Waals surface area contributed by atoms with Gasteiger partial charge in [0.15, 0.2) is 15.8 Å². The molecule has 0 atom stereocenters. The second kappa shape index (κ2) is 7.33. The minimum Gasteiger partial charge on any atom is -0.381 e. The summed E-state index contributed by atoms with van der Waals surface area (Å²) in [5.74, 6) is 0.272. The second-order valence-corrected chi connectivity index (χ2v) is 9.45. The third-order valence-corrected chi connectivity index (χ3v) is 7.50. The molecular weight excluding hydrogens is 338 g/mol. The lowest BCUT2D eigenvalue weighted by molar-refractivity contribution is 0.0768. The van der Waals surface area contributed by atoms with E-state index >= 15 is 0 Å². The Morgan fingerprint density at radius 1 is 1.28 bits per heavy atom. The van der Waals surface area contributed by atoms with Gasteiger partial charge in [0.2, 0.25) is 0 Å². The van der Waals surface area contributed by atoms with Gasteiger partial charge in [0.1, 0.15) is 0 Å². The number of nitrogens with one attached hydrogen (secondary N) is 1. The summed E-state index contributed by atoms with van der Waals surface area (Å²) in [5, 5.41) is 3.18. The van der Waals surface area contributed by atoms with Gasteiger partial charge >= 0.3 is 0 Å². The third kappa shape index (κ3) is 3.98. The molecule has 1 aliphatic heterocycles. The van der Waals surface area contributed by atoms with Crippen molar-refractivity contribution in [2.75, 3.05) is 31.3 Å². The molecule has 1 aliphatic carbocycles. The van der Waals surface area contributed by atoms with Crippen LogP contribution in [0, 0.1) is 0 Å². The molecule has 0 saturated carbocycles. The number of hydrogen-bond acceptors (Lipinski definition) is 4. The highest BCUT2D eigenvalue weighted by Gasteiger charge is 2.42. The molecule has 0 bridgehead atoms. The van der Waals surface area contributed by atoms with Crippen molar-refractivity contribution >= 4 is 21.5 Å². The Bertz CT molecular complexity index is 753. The minimum atomic E-state index is -3.24. The molecule has 6 nitrogen and oxygen atoms in total. The molecule has 0 amide bonds. The van der Waals surface area contributed by atoms with Gasteiger partial charge in [0.05, 0.1) is 11.3 Å². The maximum atomic E-state index is 12.3. The number of sulfone groups is 1. The minimum absolute atomic E-state index is 0.170. The average Bonchev–Trinajstić information content (AvgIpc) is 2.60. The first-order valence-corrected chi connectivity index (χ1v) is 10.8. The van der Waals surface area contributed by atoms with Gasteiger partial charge < -0.3 is 15.8 Å². The monoisotopic (exact) mass is 365 g/mol. The number of rotatable bonds is 4. The molecule has 1 aromatic carbocycles. The number of hydrogen-bond donors (Lipinski definition) is 2. The van der Waals surface area contributed by atoms with Crippen molar-refractivity contribution in [3.05, 3.63) is 29.3 Å². The van der Waals surface area contributed by atoms with E-state index in [9.17, 15) is 8.42 Å². The van der Waals surface area contributed by atoms with Crippen LogP contribution in [0.5, 0.6) is 0 Å². The third-order valence-electron chi connectivity index (χ3n) is 5.39. The molecule has 25 heavy (non-hydrogen) atoms. The SMILES string of the molecule is CS(=O)(=O)C1(CN=C(N)Nc2cccc3c2CCCC3)CCOCC1. The summed E-state index contributed by atoms with van der Waals surface area (Å²) in [6.07, 6.45) is 6.74. The fraction of sp³-hybridized carbons (Fsp3) is 0.611. The van der Waals surface area contributed by atoms with E-state index in [2.05, 4.69) is 16.4 Å². The van der Waals surface area contributed by atoms with Crippen molar-refractivity contribution in [3.8, 4) is 0 Å². The lowest BCUT2D eigenvalue weighted by Crippen LogP contribution is -2.46. The van der Waals surface area contributed by atoms with Gasteiger partial charge in [-0.2, -0.15) is 0 Å². The van der Waals surface area contributed by atoms with Crippen molar-refractivity contribution in [2.45, 2.75) is 43.3 Å². The molecule has 1 saturated heterocycles. The van der Waals surface area contributed by atoms with Crippen molar-refractivity contribution in [2.24, 2.45) is 10.7 Å². The van der Waals surface area contributed by atoms with Crippen LogP contribution in [-0.4, -0.2) is 45.1 Å². The molecule has 3 rings (SSSR count). The molecule has 3 N–H and O–H groups in total. The predicted octanol–water partition coefficient (Wildman–Crippen LogP) is 1.89. The van der Waals surface area contributed by atoms with Crippen LogP contribution in [0.3, 0.4) is 0 Å². The van der Waals surface area contributed by atoms with Crippen LogP contribution in [0.2, 0.25) is 0 Å². The zero-order valence-electron chi connectivity index (χ0n) is 14.8. The lowest BCUT2D eigenvalue weighted by Gasteiger charge is -2.34. The number of nitrogens with two attached hydrogens (primary N) is 1. The van der Waals surface area contributed by atoms with Crippen LogP contribution < -0.4 is 11.1 Å². The number of fused-ring (bicyclic) bond motifs is 1. The maximum absolute atomic E-state index is 12.3. The first-order chi connectivity index (χ1) is 11.9. The van der Waals surface area contributed by atoms with Crippen molar-refractivity contribution in [1.29, 1.82) is 0 Å². The molecule has 0 radical (unpaired) electrons. The Labute approximate surface area is 149 Å². The summed E-state index contributed by atoms with van der Waals surface area (Å²) in [4.78, 5) is 4.38. The van der Waals surface area contributed by atoms with Gasteiger partial charge in [-0.05, 0) is 55.7 Å². The highest BCUT2D eigenvalue weighted by atomic mass is 32.2.